The predicted molar refractivity (Wildman–Crippen MR) is 47.5 cm³/mol. The van der Waals surface area contributed by atoms with Crippen molar-refractivity contribution in [2.75, 3.05) is 5.75 Å². The molecule has 3 heteroatoms. The van der Waals surface area contributed by atoms with Gasteiger partial charge in [0.05, 0.1) is 11.6 Å². The van der Waals surface area contributed by atoms with Gasteiger partial charge in [-0.1, -0.05) is 0 Å². The molecule has 0 saturated heterocycles. The molecule has 0 bridgehead atoms. The molecule has 1 radical (unpaired) electrons. The van der Waals surface area contributed by atoms with E-state index in [1.807, 2.05) is 18.7 Å². The number of hydrogen-bond acceptors (Lipinski definition) is 3. The van der Waals surface area contributed by atoms with Crippen molar-refractivity contribution < 1.29 is 0 Å². The van der Waals surface area contributed by atoms with Crippen LogP contribution in [0.3, 0.4) is 0 Å². The van der Waals surface area contributed by atoms with E-state index in [-0.39, 0.29) is 0 Å². The number of aromatic nitrogens is 1. The zero-order valence-corrected chi connectivity index (χ0v) is 6.71. The normalized spacial score (nSPS) is 16.5. The fourth-order valence-corrected chi connectivity index (χ4v) is 1.68. The highest BCUT2D eigenvalue weighted by molar-refractivity contribution is 8.14. The molecule has 1 aliphatic rings. The first-order valence-corrected chi connectivity index (χ1v) is 4.38. The van der Waals surface area contributed by atoms with Gasteiger partial charge in [-0.15, -0.1) is 11.8 Å². The zero-order valence-electron chi connectivity index (χ0n) is 5.90. The minimum Gasteiger partial charge on any atom is -0.271 e. The van der Waals surface area contributed by atoms with Gasteiger partial charge in [-0.2, -0.15) is 0 Å². The summed E-state index contributed by atoms with van der Waals surface area (Å²) in [5, 5.41) is 1.10. The van der Waals surface area contributed by atoms with Crippen molar-refractivity contribution >= 4 is 16.8 Å². The van der Waals surface area contributed by atoms with Crippen LogP contribution in [0, 0.1) is 6.54 Å². The average Bonchev–Trinajstić information content (AvgIpc) is 2.58. The second kappa shape index (κ2) is 3.05. The molecule has 0 amide bonds. The number of thioether (sulfide) groups is 1. The number of nitrogens with zero attached hydrogens (tertiary/aromatic N) is 2. The molecule has 1 aliphatic heterocycles. The maximum absolute atomic E-state index is 4.23. The molecule has 0 saturated carbocycles. The van der Waals surface area contributed by atoms with E-state index in [2.05, 4.69) is 9.98 Å². The molecule has 2 heterocycles. The summed E-state index contributed by atoms with van der Waals surface area (Å²) in [5.74, 6) is 0.998. The molecule has 2 nitrogen and oxygen atoms in total. The third-order valence-electron chi connectivity index (χ3n) is 1.43. The molecule has 1 aromatic rings. The molecular weight excluding hydrogens is 156 g/mol. The van der Waals surface area contributed by atoms with E-state index < -0.39 is 0 Å². The number of pyridine rings is 1. The molecule has 0 spiro atoms. The quantitative estimate of drug-likeness (QED) is 0.630. The molecule has 0 unspecified atom stereocenters. The van der Waals surface area contributed by atoms with Crippen LogP contribution >= 0.6 is 11.8 Å². The van der Waals surface area contributed by atoms with E-state index in [0.29, 0.717) is 0 Å². The highest BCUT2D eigenvalue weighted by Gasteiger charge is 2.08. The fraction of sp³-hybridized carbons (Fsp3) is 0.125. The van der Waals surface area contributed by atoms with Gasteiger partial charge in [0.25, 0.3) is 0 Å². The van der Waals surface area contributed by atoms with E-state index in [9.17, 15) is 0 Å². The van der Waals surface area contributed by atoms with Crippen LogP contribution in [0.2, 0.25) is 0 Å². The van der Waals surface area contributed by atoms with Gasteiger partial charge in [0, 0.05) is 23.7 Å². The van der Waals surface area contributed by atoms with Gasteiger partial charge in [0.2, 0.25) is 0 Å². The molecule has 0 aromatic carbocycles. The standard InChI is InChI=1S/C8H7N2S/c1-3-9-4-2-7(1)8-10-5-6-11-8/h1-5H,6H2. The maximum Gasteiger partial charge on any atom is 0.0983 e. The minimum atomic E-state index is 0.998. The summed E-state index contributed by atoms with van der Waals surface area (Å²) in [7, 11) is 0. The van der Waals surface area contributed by atoms with Gasteiger partial charge in [-0.3, -0.25) is 9.98 Å². The minimum absolute atomic E-state index is 0.998. The van der Waals surface area contributed by atoms with E-state index in [0.717, 1.165) is 10.8 Å². The maximum atomic E-state index is 4.23. The van der Waals surface area contributed by atoms with Crippen molar-refractivity contribution in [3.63, 3.8) is 0 Å². The Bertz CT molecular complexity index is 269. The Morgan fingerprint density at radius 2 is 2.09 bits per heavy atom. The third kappa shape index (κ3) is 1.43. The fourth-order valence-electron chi connectivity index (χ4n) is 0.926. The molecule has 0 atom stereocenters. The van der Waals surface area contributed by atoms with E-state index in [1.165, 1.54) is 5.56 Å². The van der Waals surface area contributed by atoms with Crippen LogP contribution in [0.25, 0.3) is 0 Å². The first-order chi connectivity index (χ1) is 5.47. The van der Waals surface area contributed by atoms with E-state index in [1.54, 1.807) is 24.2 Å². The van der Waals surface area contributed by atoms with Crippen molar-refractivity contribution in [1.29, 1.82) is 0 Å². The summed E-state index contributed by atoms with van der Waals surface area (Å²) in [4.78, 5) is 8.18. The van der Waals surface area contributed by atoms with Crippen molar-refractivity contribution in [3.8, 4) is 0 Å². The molecule has 2 rings (SSSR count). The molecule has 1 aromatic heterocycles. The van der Waals surface area contributed by atoms with Gasteiger partial charge in [-0.05, 0) is 12.1 Å². The summed E-state index contributed by atoms with van der Waals surface area (Å²) < 4.78 is 0. The van der Waals surface area contributed by atoms with Crippen LogP contribution in [0.15, 0.2) is 29.5 Å². The van der Waals surface area contributed by atoms with Crippen molar-refractivity contribution in [1.82, 2.24) is 4.98 Å². The third-order valence-corrected chi connectivity index (χ3v) is 2.36. The zero-order chi connectivity index (χ0) is 7.52. The average molecular weight is 163 g/mol. The van der Waals surface area contributed by atoms with Crippen LogP contribution in [-0.2, 0) is 0 Å². The molecule has 55 valence electrons. The lowest BCUT2D eigenvalue weighted by Gasteiger charge is -1.95. The van der Waals surface area contributed by atoms with Gasteiger partial charge in [0.15, 0.2) is 0 Å². The van der Waals surface area contributed by atoms with Crippen molar-refractivity contribution in [3.05, 3.63) is 36.6 Å². The SMILES string of the molecule is [CH]1CSC(c2ccncc2)=N1. The summed E-state index contributed by atoms with van der Waals surface area (Å²) in [6.07, 6.45) is 3.58. The summed E-state index contributed by atoms with van der Waals surface area (Å²) in [6, 6.07) is 3.95. The molecule has 0 fully saturated rings. The molecule has 11 heavy (non-hydrogen) atoms. The van der Waals surface area contributed by atoms with Crippen LogP contribution in [0.4, 0.5) is 0 Å². The molecular formula is C8H7N2S. The summed E-state index contributed by atoms with van der Waals surface area (Å²) in [6.45, 7) is 1.93. The smallest absolute Gasteiger partial charge is 0.0983 e. The van der Waals surface area contributed by atoms with Gasteiger partial charge in [0.1, 0.15) is 0 Å². The highest BCUT2D eigenvalue weighted by Crippen LogP contribution is 2.20. The Labute approximate surface area is 69.8 Å². The van der Waals surface area contributed by atoms with Crippen LogP contribution < -0.4 is 0 Å². The predicted octanol–water partition coefficient (Wildman–Crippen LogP) is 1.74. The van der Waals surface area contributed by atoms with Gasteiger partial charge in [-0.25, -0.2) is 0 Å². The monoisotopic (exact) mass is 163 g/mol. The van der Waals surface area contributed by atoms with Gasteiger partial charge >= 0.3 is 0 Å². The summed E-state index contributed by atoms with van der Waals surface area (Å²) in [5.41, 5.74) is 1.17. The number of hydrogen-bond donors (Lipinski definition) is 0. The Morgan fingerprint density at radius 1 is 1.27 bits per heavy atom. The van der Waals surface area contributed by atoms with E-state index in [4.69, 9.17) is 0 Å². The first-order valence-electron chi connectivity index (χ1n) is 3.39. The largest absolute Gasteiger partial charge is 0.271 e. The summed E-state index contributed by atoms with van der Waals surface area (Å²) >= 11 is 1.76. The Balaban J connectivity index is 2.29. The molecule has 0 N–H and O–H groups in total. The van der Waals surface area contributed by atoms with Crippen molar-refractivity contribution in [2.24, 2.45) is 4.99 Å². The topological polar surface area (TPSA) is 25.2 Å². The first kappa shape index (κ1) is 6.85. The van der Waals surface area contributed by atoms with Crippen LogP contribution in [0.5, 0.6) is 0 Å². The Kier molecular flexibility index (Phi) is 1.90. The van der Waals surface area contributed by atoms with E-state index >= 15 is 0 Å². The van der Waals surface area contributed by atoms with Crippen LogP contribution in [0.1, 0.15) is 5.56 Å². The lowest BCUT2D eigenvalue weighted by molar-refractivity contribution is 1.32. The highest BCUT2D eigenvalue weighted by atomic mass is 32.2. The van der Waals surface area contributed by atoms with Gasteiger partial charge < -0.3 is 0 Å². The second-order valence-corrected chi connectivity index (χ2v) is 3.17. The number of aliphatic imine (C=N–C) groups is 1. The van der Waals surface area contributed by atoms with Crippen molar-refractivity contribution in [2.45, 2.75) is 0 Å². The number of rotatable bonds is 1. The second-order valence-electron chi connectivity index (χ2n) is 2.16. The van der Waals surface area contributed by atoms with Crippen LogP contribution in [-0.4, -0.2) is 15.8 Å². The Morgan fingerprint density at radius 3 is 2.73 bits per heavy atom. The molecule has 0 aliphatic carbocycles. The lowest BCUT2D eigenvalue weighted by Crippen LogP contribution is -1.90. The Hall–Kier alpha value is -0.830. The lowest BCUT2D eigenvalue weighted by atomic mass is 10.3.